The van der Waals surface area contributed by atoms with Gasteiger partial charge in [-0.1, -0.05) is 31.2 Å². The van der Waals surface area contributed by atoms with Crippen molar-refractivity contribution in [3.05, 3.63) is 35.4 Å². The van der Waals surface area contributed by atoms with Crippen LogP contribution >= 0.6 is 0 Å². The maximum absolute atomic E-state index is 9.88. The molecule has 1 aliphatic rings. The van der Waals surface area contributed by atoms with Crippen molar-refractivity contribution in [3.63, 3.8) is 0 Å². The van der Waals surface area contributed by atoms with Crippen LogP contribution in [-0.2, 0) is 6.54 Å². The molecule has 1 aliphatic heterocycles. The smallest absolute Gasteiger partial charge is 0.0592 e. The van der Waals surface area contributed by atoms with Gasteiger partial charge in [0.05, 0.1) is 6.10 Å². The summed E-state index contributed by atoms with van der Waals surface area (Å²) in [5.41, 5.74) is 2.78. The molecule has 0 bridgehead atoms. The van der Waals surface area contributed by atoms with Crippen LogP contribution < -0.4 is 0 Å². The standard InChI is InChI=1S/C15H23NO/c1-3-13-10-16(9-8-15(13)17)11-14-7-5-4-6-12(14)2/h4-7,13,15,17H,3,8-11H2,1-2H3/t13-,15-/m0/s1. The predicted octanol–water partition coefficient (Wildman–Crippen LogP) is 2.59. The van der Waals surface area contributed by atoms with Crippen molar-refractivity contribution in [1.82, 2.24) is 4.90 Å². The van der Waals surface area contributed by atoms with Gasteiger partial charge in [-0.15, -0.1) is 0 Å². The maximum Gasteiger partial charge on any atom is 0.0592 e. The van der Waals surface area contributed by atoms with Crippen molar-refractivity contribution in [1.29, 1.82) is 0 Å². The van der Waals surface area contributed by atoms with Crippen LogP contribution in [0, 0.1) is 12.8 Å². The second-order valence-electron chi connectivity index (χ2n) is 5.19. The molecule has 0 aromatic heterocycles. The lowest BCUT2D eigenvalue weighted by atomic mass is 9.92. The van der Waals surface area contributed by atoms with Crippen LogP contribution in [-0.4, -0.2) is 29.2 Å². The molecule has 1 fully saturated rings. The molecular formula is C15H23NO. The summed E-state index contributed by atoms with van der Waals surface area (Å²) < 4.78 is 0. The highest BCUT2D eigenvalue weighted by molar-refractivity contribution is 5.25. The van der Waals surface area contributed by atoms with Gasteiger partial charge in [0.25, 0.3) is 0 Å². The minimum absolute atomic E-state index is 0.0897. The van der Waals surface area contributed by atoms with Crippen molar-refractivity contribution < 1.29 is 5.11 Å². The van der Waals surface area contributed by atoms with Crippen LogP contribution in [0.15, 0.2) is 24.3 Å². The summed E-state index contributed by atoms with van der Waals surface area (Å²) >= 11 is 0. The summed E-state index contributed by atoms with van der Waals surface area (Å²) in [4.78, 5) is 2.48. The summed E-state index contributed by atoms with van der Waals surface area (Å²) in [6, 6.07) is 8.58. The topological polar surface area (TPSA) is 23.5 Å². The Morgan fingerprint density at radius 2 is 2.12 bits per heavy atom. The highest BCUT2D eigenvalue weighted by Crippen LogP contribution is 2.22. The van der Waals surface area contributed by atoms with E-state index >= 15 is 0 Å². The minimum atomic E-state index is -0.0897. The van der Waals surface area contributed by atoms with Crippen LogP contribution in [0.2, 0.25) is 0 Å². The van der Waals surface area contributed by atoms with E-state index in [-0.39, 0.29) is 6.10 Å². The Balaban J connectivity index is 1.98. The largest absolute Gasteiger partial charge is 0.393 e. The van der Waals surface area contributed by atoms with Crippen LogP contribution in [0.5, 0.6) is 0 Å². The first kappa shape index (κ1) is 12.6. The molecular weight excluding hydrogens is 210 g/mol. The summed E-state index contributed by atoms with van der Waals surface area (Å²) in [6.45, 7) is 7.42. The van der Waals surface area contributed by atoms with Gasteiger partial charge in [0, 0.05) is 19.6 Å². The molecule has 2 heteroatoms. The van der Waals surface area contributed by atoms with Crippen molar-refractivity contribution in [2.75, 3.05) is 13.1 Å². The van der Waals surface area contributed by atoms with Crippen molar-refractivity contribution in [3.8, 4) is 0 Å². The van der Waals surface area contributed by atoms with Crippen LogP contribution in [0.3, 0.4) is 0 Å². The molecule has 1 heterocycles. The third kappa shape index (κ3) is 3.08. The zero-order valence-corrected chi connectivity index (χ0v) is 10.9. The van der Waals surface area contributed by atoms with Crippen LogP contribution in [0.25, 0.3) is 0 Å². The van der Waals surface area contributed by atoms with E-state index in [0.29, 0.717) is 5.92 Å². The fraction of sp³-hybridized carbons (Fsp3) is 0.600. The average molecular weight is 233 g/mol. The first-order chi connectivity index (χ1) is 8.20. The molecule has 17 heavy (non-hydrogen) atoms. The number of aryl methyl sites for hydroxylation is 1. The number of aliphatic hydroxyl groups excluding tert-OH is 1. The molecule has 0 aliphatic carbocycles. The number of rotatable bonds is 3. The first-order valence-electron chi connectivity index (χ1n) is 6.65. The third-order valence-electron chi connectivity index (χ3n) is 3.96. The molecule has 0 saturated carbocycles. The van der Waals surface area contributed by atoms with E-state index in [1.54, 1.807) is 0 Å². The average Bonchev–Trinajstić information content (AvgIpc) is 2.34. The lowest BCUT2D eigenvalue weighted by molar-refractivity contribution is 0.0221. The summed E-state index contributed by atoms with van der Waals surface area (Å²) in [7, 11) is 0. The lowest BCUT2D eigenvalue weighted by Gasteiger charge is -2.36. The van der Waals surface area contributed by atoms with E-state index in [1.807, 2.05) is 0 Å². The van der Waals surface area contributed by atoms with Crippen molar-refractivity contribution in [2.45, 2.75) is 39.3 Å². The SMILES string of the molecule is CC[C@H]1CN(Cc2ccccc2C)CC[C@@H]1O. The Morgan fingerprint density at radius 1 is 1.35 bits per heavy atom. The molecule has 1 saturated heterocycles. The molecule has 0 amide bonds. The Hall–Kier alpha value is -0.860. The molecule has 0 spiro atoms. The number of hydrogen-bond acceptors (Lipinski definition) is 2. The Labute approximate surface area is 104 Å². The van der Waals surface area contributed by atoms with E-state index in [9.17, 15) is 5.11 Å². The van der Waals surface area contributed by atoms with E-state index in [2.05, 4.69) is 43.0 Å². The second kappa shape index (κ2) is 5.65. The molecule has 0 unspecified atom stereocenters. The normalized spacial score (nSPS) is 26.1. The van der Waals surface area contributed by atoms with Gasteiger partial charge in [0.1, 0.15) is 0 Å². The third-order valence-corrected chi connectivity index (χ3v) is 3.96. The second-order valence-corrected chi connectivity index (χ2v) is 5.19. The zero-order chi connectivity index (χ0) is 12.3. The zero-order valence-electron chi connectivity index (χ0n) is 10.9. The minimum Gasteiger partial charge on any atom is -0.393 e. The van der Waals surface area contributed by atoms with Crippen LogP contribution in [0.1, 0.15) is 30.9 Å². The lowest BCUT2D eigenvalue weighted by Crippen LogP contribution is -2.42. The van der Waals surface area contributed by atoms with Gasteiger partial charge >= 0.3 is 0 Å². The predicted molar refractivity (Wildman–Crippen MR) is 70.9 cm³/mol. The van der Waals surface area contributed by atoms with Gasteiger partial charge in [0.15, 0.2) is 0 Å². The number of piperidine rings is 1. The Kier molecular flexibility index (Phi) is 4.19. The van der Waals surface area contributed by atoms with Gasteiger partial charge < -0.3 is 5.11 Å². The van der Waals surface area contributed by atoms with Gasteiger partial charge in [-0.25, -0.2) is 0 Å². The van der Waals surface area contributed by atoms with Gasteiger partial charge in [0.2, 0.25) is 0 Å². The molecule has 94 valence electrons. The fourth-order valence-electron chi connectivity index (χ4n) is 2.67. The molecule has 2 rings (SSSR count). The number of benzene rings is 1. The van der Waals surface area contributed by atoms with E-state index in [1.165, 1.54) is 11.1 Å². The quantitative estimate of drug-likeness (QED) is 0.867. The molecule has 0 radical (unpaired) electrons. The maximum atomic E-state index is 9.88. The Morgan fingerprint density at radius 3 is 2.82 bits per heavy atom. The summed E-state index contributed by atoms with van der Waals surface area (Å²) in [6.07, 6.45) is 1.91. The number of aliphatic hydroxyl groups is 1. The van der Waals surface area contributed by atoms with Crippen molar-refractivity contribution in [2.24, 2.45) is 5.92 Å². The fourth-order valence-corrected chi connectivity index (χ4v) is 2.67. The van der Waals surface area contributed by atoms with Crippen molar-refractivity contribution >= 4 is 0 Å². The van der Waals surface area contributed by atoms with E-state index in [0.717, 1.165) is 32.5 Å². The Bertz CT molecular complexity index is 364. The van der Waals surface area contributed by atoms with Gasteiger partial charge in [-0.2, -0.15) is 0 Å². The van der Waals surface area contributed by atoms with Gasteiger partial charge in [-0.05, 0) is 36.8 Å². The number of nitrogens with zero attached hydrogens (tertiary/aromatic N) is 1. The van der Waals surface area contributed by atoms with E-state index < -0.39 is 0 Å². The number of likely N-dealkylation sites (tertiary alicyclic amines) is 1. The molecule has 1 aromatic carbocycles. The monoisotopic (exact) mass is 233 g/mol. The molecule has 1 aromatic rings. The van der Waals surface area contributed by atoms with Gasteiger partial charge in [-0.3, -0.25) is 4.90 Å². The van der Waals surface area contributed by atoms with Crippen LogP contribution in [0.4, 0.5) is 0 Å². The van der Waals surface area contributed by atoms with E-state index in [4.69, 9.17) is 0 Å². The molecule has 2 atom stereocenters. The molecule has 1 N–H and O–H groups in total. The summed E-state index contributed by atoms with van der Waals surface area (Å²) in [5, 5.41) is 9.88. The molecule has 2 nitrogen and oxygen atoms in total. The number of hydrogen-bond donors (Lipinski definition) is 1. The highest BCUT2D eigenvalue weighted by atomic mass is 16.3. The highest BCUT2D eigenvalue weighted by Gasteiger charge is 2.26. The summed E-state index contributed by atoms with van der Waals surface area (Å²) in [5.74, 6) is 0.452. The first-order valence-corrected chi connectivity index (χ1v) is 6.65.